The molecule has 0 bridgehead atoms. The fourth-order valence-electron chi connectivity index (χ4n) is 1.59. The number of hydrogen-bond acceptors (Lipinski definition) is 5. The molecule has 0 unspecified atom stereocenters. The van der Waals surface area contributed by atoms with E-state index in [9.17, 15) is 18.0 Å². The number of aromatic carboxylic acids is 1. The Labute approximate surface area is 122 Å². The zero-order valence-electron chi connectivity index (χ0n) is 11.4. The van der Waals surface area contributed by atoms with Crippen LogP contribution >= 0.6 is 0 Å². The zero-order chi connectivity index (χ0) is 16.0. The van der Waals surface area contributed by atoms with Crippen LogP contribution in [0, 0.1) is 0 Å². The third-order valence-electron chi connectivity index (χ3n) is 2.56. The highest BCUT2D eigenvalue weighted by atomic mass is 32.2. The molecule has 0 heterocycles. The van der Waals surface area contributed by atoms with Crippen LogP contribution in [-0.2, 0) is 14.8 Å². The van der Waals surface area contributed by atoms with Crippen LogP contribution in [0.25, 0.3) is 0 Å². The van der Waals surface area contributed by atoms with Crippen LogP contribution in [0.5, 0.6) is 0 Å². The minimum absolute atomic E-state index is 0.000183. The fourth-order valence-corrected chi connectivity index (χ4v) is 2.73. The van der Waals surface area contributed by atoms with Gasteiger partial charge in [-0.15, -0.1) is 0 Å². The largest absolute Gasteiger partial charge is 0.478 e. The molecule has 1 aromatic carbocycles. The van der Waals surface area contributed by atoms with Crippen LogP contribution in [0.4, 0.5) is 5.69 Å². The molecular formula is C12H17N3O5S. The van der Waals surface area contributed by atoms with E-state index in [2.05, 4.69) is 10.0 Å². The van der Waals surface area contributed by atoms with Gasteiger partial charge in [0.05, 0.1) is 11.3 Å². The summed E-state index contributed by atoms with van der Waals surface area (Å²) in [4.78, 5) is 21.8. The average Bonchev–Trinajstić information content (AvgIpc) is 2.38. The first-order valence-corrected chi connectivity index (χ1v) is 7.65. The summed E-state index contributed by atoms with van der Waals surface area (Å²) in [6, 6.07) is 3.34. The first-order valence-electron chi connectivity index (χ1n) is 6.17. The first-order chi connectivity index (χ1) is 9.77. The molecule has 0 atom stereocenters. The zero-order valence-corrected chi connectivity index (χ0v) is 12.2. The van der Waals surface area contributed by atoms with Gasteiger partial charge in [0.25, 0.3) is 0 Å². The van der Waals surface area contributed by atoms with Crippen LogP contribution < -0.4 is 15.8 Å². The second-order valence-corrected chi connectivity index (χ2v) is 5.89. The lowest BCUT2D eigenvalue weighted by atomic mass is 10.2. The summed E-state index contributed by atoms with van der Waals surface area (Å²) < 4.78 is 26.2. The maximum atomic E-state index is 12.0. The molecule has 21 heavy (non-hydrogen) atoms. The highest BCUT2D eigenvalue weighted by Gasteiger charge is 2.18. The smallest absolute Gasteiger partial charge is 0.335 e. The van der Waals surface area contributed by atoms with E-state index in [4.69, 9.17) is 10.8 Å². The number of anilines is 1. The van der Waals surface area contributed by atoms with Crippen molar-refractivity contribution in [3.8, 4) is 0 Å². The summed E-state index contributed by atoms with van der Waals surface area (Å²) in [5.74, 6) is -1.47. The maximum Gasteiger partial charge on any atom is 0.335 e. The quantitative estimate of drug-likeness (QED) is 0.513. The van der Waals surface area contributed by atoms with E-state index >= 15 is 0 Å². The lowest BCUT2D eigenvalue weighted by molar-refractivity contribution is -0.120. The van der Waals surface area contributed by atoms with Crippen molar-refractivity contribution in [3.63, 3.8) is 0 Å². The number of carboxylic acids is 1. The summed E-state index contributed by atoms with van der Waals surface area (Å²) in [5.41, 5.74) is 5.29. The molecule has 0 aliphatic rings. The number of carbonyl (C=O) groups excluding carboxylic acids is 1. The number of benzene rings is 1. The van der Waals surface area contributed by atoms with Gasteiger partial charge in [0, 0.05) is 19.5 Å². The van der Waals surface area contributed by atoms with E-state index in [1.165, 1.54) is 0 Å². The van der Waals surface area contributed by atoms with E-state index in [0.29, 0.717) is 6.54 Å². The van der Waals surface area contributed by atoms with Crippen LogP contribution in [0.2, 0.25) is 0 Å². The van der Waals surface area contributed by atoms with Gasteiger partial charge < -0.3 is 16.2 Å². The molecule has 0 spiro atoms. The molecule has 0 fully saturated rings. The highest BCUT2D eigenvalue weighted by molar-refractivity contribution is 7.89. The van der Waals surface area contributed by atoms with Crippen LogP contribution in [0.3, 0.4) is 0 Å². The van der Waals surface area contributed by atoms with Crippen molar-refractivity contribution in [2.45, 2.75) is 18.2 Å². The number of nitrogens with one attached hydrogen (secondary N) is 2. The summed E-state index contributed by atoms with van der Waals surface area (Å²) in [5, 5.41) is 11.3. The molecular weight excluding hydrogens is 298 g/mol. The predicted molar refractivity (Wildman–Crippen MR) is 76.3 cm³/mol. The Morgan fingerprint density at radius 3 is 2.52 bits per heavy atom. The summed E-state index contributed by atoms with van der Waals surface area (Å²) in [6.07, 6.45) is 0.000183. The number of nitrogen functional groups attached to an aromatic ring is 1. The Hall–Kier alpha value is -2.13. The van der Waals surface area contributed by atoms with Gasteiger partial charge in [-0.1, -0.05) is 0 Å². The lowest BCUT2D eigenvalue weighted by Gasteiger charge is -2.09. The molecule has 1 amide bonds. The summed E-state index contributed by atoms with van der Waals surface area (Å²) in [7, 11) is -3.89. The van der Waals surface area contributed by atoms with Gasteiger partial charge in [0.1, 0.15) is 4.90 Å². The van der Waals surface area contributed by atoms with Gasteiger partial charge in [-0.3, -0.25) is 4.79 Å². The van der Waals surface area contributed by atoms with Crippen LogP contribution in [0.15, 0.2) is 23.1 Å². The second-order valence-electron chi connectivity index (χ2n) is 4.16. The van der Waals surface area contributed by atoms with E-state index in [0.717, 1.165) is 18.2 Å². The lowest BCUT2D eigenvalue weighted by Crippen LogP contribution is -2.31. The van der Waals surface area contributed by atoms with Gasteiger partial charge >= 0.3 is 5.97 Å². The van der Waals surface area contributed by atoms with E-state index in [-0.39, 0.29) is 35.0 Å². The van der Waals surface area contributed by atoms with Gasteiger partial charge in [0.2, 0.25) is 15.9 Å². The minimum atomic E-state index is -3.89. The maximum absolute atomic E-state index is 12.0. The minimum Gasteiger partial charge on any atom is -0.478 e. The Balaban J connectivity index is 2.79. The van der Waals surface area contributed by atoms with Crippen LogP contribution in [0.1, 0.15) is 23.7 Å². The Bertz CT molecular complexity index is 642. The number of carbonyl (C=O) groups is 2. The van der Waals surface area contributed by atoms with Crippen molar-refractivity contribution in [3.05, 3.63) is 23.8 Å². The SMILES string of the molecule is CCNC(=O)CCNS(=O)(=O)c1ccc(C(=O)O)cc1N. The molecule has 9 heteroatoms. The molecule has 116 valence electrons. The number of rotatable bonds is 7. The standard InChI is InChI=1S/C12H17N3O5S/c1-2-14-11(16)5-6-15-21(19,20)10-4-3-8(12(17)18)7-9(10)13/h3-4,7,15H,2,5-6,13H2,1H3,(H,14,16)(H,17,18). The highest BCUT2D eigenvalue weighted by Crippen LogP contribution is 2.19. The first kappa shape index (κ1) is 16.9. The van der Waals surface area contributed by atoms with Gasteiger partial charge in [0.15, 0.2) is 0 Å². The van der Waals surface area contributed by atoms with Gasteiger partial charge in [-0.25, -0.2) is 17.9 Å². The normalized spacial score (nSPS) is 11.1. The van der Waals surface area contributed by atoms with Crippen molar-refractivity contribution in [1.82, 2.24) is 10.0 Å². The second kappa shape index (κ2) is 7.04. The van der Waals surface area contributed by atoms with Crippen molar-refractivity contribution < 1.29 is 23.1 Å². The molecule has 1 rings (SSSR count). The Morgan fingerprint density at radius 2 is 2.00 bits per heavy atom. The predicted octanol–water partition coefficient (Wildman–Crippen LogP) is -0.228. The number of amides is 1. The van der Waals surface area contributed by atoms with Crippen molar-refractivity contribution in [2.24, 2.45) is 0 Å². The average molecular weight is 315 g/mol. The third kappa shape index (κ3) is 4.72. The van der Waals surface area contributed by atoms with Gasteiger partial charge in [-0.05, 0) is 25.1 Å². The Morgan fingerprint density at radius 1 is 1.33 bits per heavy atom. The molecule has 0 aliphatic heterocycles. The topological polar surface area (TPSA) is 139 Å². The number of hydrogen-bond donors (Lipinski definition) is 4. The molecule has 0 saturated carbocycles. The number of nitrogens with two attached hydrogens (primary N) is 1. The molecule has 8 nitrogen and oxygen atoms in total. The summed E-state index contributed by atoms with van der Waals surface area (Å²) >= 11 is 0. The molecule has 0 radical (unpaired) electrons. The fraction of sp³-hybridized carbons (Fsp3) is 0.333. The van der Waals surface area contributed by atoms with E-state index in [1.54, 1.807) is 6.92 Å². The summed E-state index contributed by atoms with van der Waals surface area (Å²) in [6.45, 7) is 2.15. The molecule has 0 saturated heterocycles. The van der Waals surface area contributed by atoms with Crippen molar-refractivity contribution in [2.75, 3.05) is 18.8 Å². The van der Waals surface area contributed by atoms with Gasteiger partial charge in [-0.2, -0.15) is 0 Å². The van der Waals surface area contributed by atoms with E-state index < -0.39 is 16.0 Å². The number of sulfonamides is 1. The molecule has 0 aromatic heterocycles. The van der Waals surface area contributed by atoms with E-state index in [1.807, 2.05) is 0 Å². The Kier molecular flexibility index (Phi) is 5.68. The molecule has 1 aromatic rings. The number of carboxylic acid groups (broad SMARTS) is 1. The third-order valence-corrected chi connectivity index (χ3v) is 4.10. The molecule has 5 N–H and O–H groups in total. The monoisotopic (exact) mass is 315 g/mol. The van der Waals surface area contributed by atoms with Crippen molar-refractivity contribution >= 4 is 27.6 Å². The van der Waals surface area contributed by atoms with Crippen molar-refractivity contribution in [1.29, 1.82) is 0 Å². The van der Waals surface area contributed by atoms with Crippen LogP contribution in [-0.4, -0.2) is 38.5 Å². The molecule has 0 aliphatic carbocycles.